The predicted molar refractivity (Wildman–Crippen MR) is 115 cm³/mol. The highest BCUT2D eigenvalue weighted by Crippen LogP contribution is 2.35. The molecule has 6 heteroatoms. The number of carbonyl (C=O) groups is 2. The van der Waals surface area contributed by atoms with Crippen LogP contribution >= 0.6 is 0 Å². The quantitative estimate of drug-likeness (QED) is 0.542. The van der Waals surface area contributed by atoms with Crippen LogP contribution in [0.15, 0.2) is 84.6 Å². The fourth-order valence-electron chi connectivity index (χ4n) is 3.68. The van der Waals surface area contributed by atoms with Crippen LogP contribution in [0, 0.1) is 11.6 Å². The molecule has 0 bridgehead atoms. The molecule has 2 amide bonds. The lowest BCUT2D eigenvalue weighted by Crippen LogP contribution is -2.34. The van der Waals surface area contributed by atoms with Crippen LogP contribution in [0.2, 0.25) is 0 Å². The molecule has 1 heterocycles. The van der Waals surface area contributed by atoms with Crippen molar-refractivity contribution in [2.75, 3.05) is 11.4 Å². The van der Waals surface area contributed by atoms with E-state index in [4.69, 9.17) is 0 Å². The van der Waals surface area contributed by atoms with Crippen LogP contribution in [0.25, 0.3) is 5.57 Å². The number of nitrogens with zero attached hydrogens (tertiary/aromatic N) is 2. The van der Waals surface area contributed by atoms with Crippen molar-refractivity contribution in [1.82, 2.24) is 4.90 Å². The monoisotopic (exact) mass is 418 g/mol. The summed E-state index contributed by atoms with van der Waals surface area (Å²) in [6.07, 6.45) is 0. The summed E-state index contributed by atoms with van der Waals surface area (Å²) in [5.41, 5.74) is 2.32. The molecular weight excluding hydrogens is 398 g/mol. The molecule has 0 unspecified atom stereocenters. The first-order valence-electron chi connectivity index (χ1n) is 9.93. The number of benzene rings is 3. The van der Waals surface area contributed by atoms with Crippen molar-refractivity contribution in [1.29, 1.82) is 0 Å². The summed E-state index contributed by atoms with van der Waals surface area (Å²) in [5, 5.41) is 0. The van der Waals surface area contributed by atoms with Crippen molar-refractivity contribution >= 4 is 23.1 Å². The van der Waals surface area contributed by atoms with Gasteiger partial charge in [-0.2, -0.15) is 0 Å². The lowest BCUT2D eigenvalue weighted by atomic mass is 10.0. The van der Waals surface area contributed by atoms with Gasteiger partial charge in [-0.3, -0.25) is 14.5 Å². The number of carbonyl (C=O) groups excluding carboxylic acids is 2. The van der Waals surface area contributed by atoms with Gasteiger partial charge in [0.15, 0.2) is 0 Å². The second kappa shape index (κ2) is 8.52. The lowest BCUT2D eigenvalue weighted by molar-refractivity contribution is -0.137. The summed E-state index contributed by atoms with van der Waals surface area (Å²) in [6.45, 7) is 2.36. The van der Waals surface area contributed by atoms with Gasteiger partial charge >= 0.3 is 0 Å². The molecule has 0 aromatic heterocycles. The molecule has 0 fully saturated rings. The number of hydrogen-bond donors (Lipinski definition) is 0. The Balaban J connectivity index is 1.81. The van der Waals surface area contributed by atoms with Crippen molar-refractivity contribution in [2.24, 2.45) is 0 Å². The lowest BCUT2D eigenvalue weighted by Gasteiger charge is -2.25. The minimum Gasteiger partial charge on any atom is -0.337 e. The highest BCUT2D eigenvalue weighted by Gasteiger charge is 2.41. The number of likely N-dealkylation sites (N-methyl/N-ethyl adjacent to an activating group) is 1. The molecule has 0 aliphatic carbocycles. The fraction of sp³-hybridized carbons (Fsp3) is 0.120. The van der Waals surface area contributed by atoms with E-state index in [2.05, 4.69) is 0 Å². The fourth-order valence-corrected chi connectivity index (χ4v) is 3.68. The zero-order valence-corrected chi connectivity index (χ0v) is 16.9. The van der Waals surface area contributed by atoms with Crippen LogP contribution in [0.4, 0.5) is 14.5 Å². The molecule has 0 N–H and O–H groups in total. The Morgan fingerprint density at radius 3 is 1.94 bits per heavy atom. The smallest absolute Gasteiger partial charge is 0.278 e. The van der Waals surface area contributed by atoms with E-state index in [0.717, 1.165) is 10.6 Å². The minimum atomic E-state index is -0.467. The summed E-state index contributed by atoms with van der Waals surface area (Å²) in [6, 6.07) is 20.5. The van der Waals surface area contributed by atoms with E-state index < -0.39 is 23.4 Å². The summed E-state index contributed by atoms with van der Waals surface area (Å²) >= 11 is 0. The number of halogens is 2. The van der Waals surface area contributed by atoms with Crippen molar-refractivity contribution in [3.63, 3.8) is 0 Å². The standard InChI is InChI=1S/C25H20F2N2O2/c1-2-28(21-6-4-3-5-7-21)23-22(18-10-14-20(27)15-11-18)24(30)29(25(23)31)16-17-8-12-19(26)13-9-17/h3-15H,2,16H2,1H3. The Morgan fingerprint density at radius 2 is 1.35 bits per heavy atom. The Hall–Kier alpha value is -3.80. The van der Waals surface area contributed by atoms with E-state index in [-0.39, 0.29) is 17.8 Å². The van der Waals surface area contributed by atoms with Gasteiger partial charge in [0.05, 0.1) is 12.1 Å². The van der Waals surface area contributed by atoms with Gasteiger partial charge in [0.25, 0.3) is 11.8 Å². The van der Waals surface area contributed by atoms with Crippen molar-refractivity contribution in [3.05, 3.63) is 107 Å². The summed E-state index contributed by atoms with van der Waals surface area (Å²) in [4.78, 5) is 29.8. The van der Waals surface area contributed by atoms with Gasteiger partial charge in [0.2, 0.25) is 0 Å². The van der Waals surface area contributed by atoms with Gasteiger partial charge in [-0.05, 0) is 54.4 Å². The Labute approximate surface area is 179 Å². The van der Waals surface area contributed by atoms with E-state index in [1.165, 1.54) is 36.4 Å². The first kappa shape index (κ1) is 20.5. The third kappa shape index (κ3) is 3.97. The zero-order chi connectivity index (χ0) is 22.0. The van der Waals surface area contributed by atoms with E-state index in [9.17, 15) is 18.4 Å². The third-order valence-corrected chi connectivity index (χ3v) is 5.18. The SMILES string of the molecule is CCN(C1=C(c2ccc(F)cc2)C(=O)N(Cc2ccc(F)cc2)C1=O)c1ccccc1. The molecule has 3 aromatic rings. The Bertz CT molecular complexity index is 1140. The second-order valence-corrected chi connectivity index (χ2v) is 7.13. The number of para-hydroxylation sites is 1. The van der Waals surface area contributed by atoms with Gasteiger partial charge in [0.1, 0.15) is 17.3 Å². The maximum Gasteiger partial charge on any atom is 0.278 e. The minimum absolute atomic E-state index is 0.0124. The van der Waals surface area contributed by atoms with E-state index >= 15 is 0 Å². The van der Waals surface area contributed by atoms with E-state index in [1.54, 1.807) is 17.0 Å². The molecule has 0 radical (unpaired) electrons. The summed E-state index contributed by atoms with van der Waals surface area (Å²) < 4.78 is 26.8. The van der Waals surface area contributed by atoms with Crippen LogP contribution in [-0.4, -0.2) is 23.3 Å². The number of anilines is 1. The van der Waals surface area contributed by atoms with Gasteiger partial charge in [0, 0.05) is 12.2 Å². The first-order chi connectivity index (χ1) is 15.0. The number of imide groups is 1. The Morgan fingerprint density at radius 1 is 0.774 bits per heavy atom. The van der Waals surface area contributed by atoms with Crippen LogP contribution in [0.1, 0.15) is 18.1 Å². The molecular formula is C25H20F2N2O2. The van der Waals surface area contributed by atoms with Gasteiger partial charge < -0.3 is 4.90 Å². The molecule has 3 aromatic carbocycles. The van der Waals surface area contributed by atoms with Crippen molar-refractivity contribution in [3.8, 4) is 0 Å². The molecule has 4 nitrogen and oxygen atoms in total. The first-order valence-corrected chi connectivity index (χ1v) is 9.93. The van der Waals surface area contributed by atoms with Crippen LogP contribution in [-0.2, 0) is 16.1 Å². The average Bonchev–Trinajstić information content (AvgIpc) is 3.02. The average molecular weight is 418 g/mol. The van der Waals surface area contributed by atoms with Gasteiger partial charge in [-0.15, -0.1) is 0 Å². The number of amides is 2. The molecule has 0 spiro atoms. The topological polar surface area (TPSA) is 40.6 Å². The molecule has 31 heavy (non-hydrogen) atoms. The normalized spacial score (nSPS) is 13.8. The van der Waals surface area contributed by atoms with Crippen LogP contribution in [0.3, 0.4) is 0 Å². The molecule has 1 aliphatic rings. The maximum atomic E-state index is 13.5. The predicted octanol–water partition coefficient (Wildman–Crippen LogP) is 4.77. The summed E-state index contributed by atoms with van der Waals surface area (Å²) in [7, 11) is 0. The molecule has 0 saturated carbocycles. The highest BCUT2D eigenvalue weighted by molar-refractivity contribution is 6.36. The largest absolute Gasteiger partial charge is 0.337 e. The number of rotatable bonds is 6. The third-order valence-electron chi connectivity index (χ3n) is 5.18. The van der Waals surface area contributed by atoms with Crippen LogP contribution < -0.4 is 4.90 Å². The highest BCUT2D eigenvalue weighted by atomic mass is 19.1. The van der Waals surface area contributed by atoms with Crippen molar-refractivity contribution in [2.45, 2.75) is 13.5 Å². The maximum absolute atomic E-state index is 13.5. The molecule has 4 rings (SSSR count). The van der Waals surface area contributed by atoms with Gasteiger partial charge in [-0.1, -0.05) is 42.5 Å². The van der Waals surface area contributed by atoms with E-state index in [1.807, 2.05) is 37.3 Å². The second-order valence-electron chi connectivity index (χ2n) is 7.13. The van der Waals surface area contributed by atoms with E-state index in [0.29, 0.717) is 17.7 Å². The molecule has 0 atom stereocenters. The zero-order valence-electron chi connectivity index (χ0n) is 16.9. The molecule has 1 aliphatic heterocycles. The molecule has 0 saturated heterocycles. The summed E-state index contributed by atoms with van der Waals surface area (Å²) in [5.74, 6) is -1.74. The number of hydrogen-bond acceptors (Lipinski definition) is 3. The molecule has 156 valence electrons. The Kier molecular flexibility index (Phi) is 5.62. The van der Waals surface area contributed by atoms with Crippen molar-refractivity contribution < 1.29 is 18.4 Å². The van der Waals surface area contributed by atoms with Gasteiger partial charge in [-0.25, -0.2) is 8.78 Å². The van der Waals surface area contributed by atoms with Crippen LogP contribution in [0.5, 0.6) is 0 Å².